The van der Waals surface area contributed by atoms with Crippen molar-refractivity contribution in [2.75, 3.05) is 6.61 Å². The van der Waals surface area contributed by atoms with E-state index in [-0.39, 0.29) is 5.75 Å². The smallest absolute Gasteiger partial charge is 0.465 e. The molecule has 0 N–H and O–H groups in total. The minimum absolute atomic E-state index is 0.299. The first kappa shape index (κ1) is 11.8. The van der Waals surface area contributed by atoms with Crippen LogP contribution in [0.5, 0.6) is 5.75 Å². The zero-order chi connectivity index (χ0) is 12.5. The van der Waals surface area contributed by atoms with E-state index in [1.165, 1.54) is 18.2 Å². The lowest BCUT2D eigenvalue weighted by molar-refractivity contribution is -0.274. The number of cyclic esters (lactones) is 1. The SMILES string of the molecule is O=C1OCC[C@H]1c1cccc(OC(F)(F)F)c1. The van der Waals surface area contributed by atoms with E-state index in [2.05, 4.69) is 4.74 Å². The van der Waals surface area contributed by atoms with Crippen LogP contribution in [0.2, 0.25) is 0 Å². The molecule has 17 heavy (non-hydrogen) atoms. The summed E-state index contributed by atoms with van der Waals surface area (Å²) < 4.78 is 44.6. The van der Waals surface area contributed by atoms with Gasteiger partial charge in [-0.25, -0.2) is 0 Å². The van der Waals surface area contributed by atoms with E-state index in [1.807, 2.05) is 0 Å². The van der Waals surface area contributed by atoms with Crippen molar-refractivity contribution in [2.45, 2.75) is 18.7 Å². The summed E-state index contributed by atoms with van der Waals surface area (Å²) in [6.45, 7) is 0.299. The molecule has 0 aromatic heterocycles. The molecule has 0 amide bonds. The molecule has 1 aromatic carbocycles. The summed E-state index contributed by atoms with van der Waals surface area (Å²) in [5.74, 6) is -1.23. The van der Waals surface area contributed by atoms with Gasteiger partial charge in [-0.15, -0.1) is 13.2 Å². The molecular formula is C11H9F3O3. The molecule has 1 fully saturated rings. The van der Waals surface area contributed by atoms with Crippen molar-refractivity contribution >= 4 is 5.97 Å². The molecule has 6 heteroatoms. The van der Waals surface area contributed by atoms with Crippen molar-refractivity contribution in [2.24, 2.45) is 0 Å². The third-order valence-corrected chi connectivity index (χ3v) is 2.43. The Labute approximate surface area is 95.1 Å². The van der Waals surface area contributed by atoms with Crippen LogP contribution in [-0.2, 0) is 9.53 Å². The van der Waals surface area contributed by atoms with Crippen LogP contribution in [0.3, 0.4) is 0 Å². The molecule has 1 aromatic rings. The maximum Gasteiger partial charge on any atom is 0.573 e. The molecule has 0 unspecified atom stereocenters. The van der Waals surface area contributed by atoms with Crippen molar-refractivity contribution in [3.05, 3.63) is 29.8 Å². The topological polar surface area (TPSA) is 35.5 Å². The number of alkyl halides is 3. The van der Waals surface area contributed by atoms with E-state index in [9.17, 15) is 18.0 Å². The first-order valence-corrected chi connectivity index (χ1v) is 4.98. The molecule has 0 saturated carbocycles. The fourth-order valence-electron chi connectivity index (χ4n) is 1.73. The van der Waals surface area contributed by atoms with Gasteiger partial charge in [0.05, 0.1) is 12.5 Å². The highest BCUT2D eigenvalue weighted by molar-refractivity contribution is 5.79. The van der Waals surface area contributed by atoms with Crippen LogP contribution < -0.4 is 4.74 Å². The van der Waals surface area contributed by atoms with Gasteiger partial charge in [-0.05, 0) is 24.1 Å². The monoisotopic (exact) mass is 246 g/mol. The van der Waals surface area contributed by atoms with Gasteiger partial charge < -0.3 is 9.47 Å². The Balaban J connectivity index is 2.19. The maximum atomic E-state index is 12.0. The van der Waals surface area contributed by atoms with Gasteiger partial charge in [0.2, 0.25) is 0 Å². The van der Waals surface area contributed by atoms with Gasteiger partial charge in [0, 0.05) is 0 Å². The number of halogens is 3. The highest BCUT2D eigenvalue weighted by Crippen LogP contribution is 2.30. The fourth-order valence-corrected chi connectivity index (χ4v) is 1.73. The molecule has 2 rings (SSSR count). The molecule has 0 spiro atoms. The summed E-state index contributed by atoms with van der Waals surface area (Å²) in [5.41, 5.74) is 0.481. The maximum absolute atomic E-state index is 12.0. The van der Waals surface area contributed by atoms with E-state index in [1.54, 1.807) is 6.07 Å². The third kappa shape index (κ3) is 2.89. The Hall–Kier alpha value is -1.72. The standard InChI is InChI=1S/C11H9F3O3/c12-11(13,14)17-8-3-1-2-7(6-8)9-4-5-16-10(9)15/h1-3,6,9H,4-5H2/t9-/m0/s1. The zero-order valence-electron chi connectivity index (χ0n) is 8.66. The second kappa shape index (κ2) is 4.27. The fraction of sp³-hybridized carbons (Fsp3) is 0.364. The molecule has 0 bridgehead atoms. The van der Waals surface area contributed by atoms with Gasteiger partial charge in [0.25, 0.3) is 0 Å². The normalized spacial score (nSPS) is 20.2. The van der Waals surface area contributed by atoms with Crippen LogP contribution in [-0.4, -0.2) is 18.9 Å². The van der Waals surface area contributed by atoms with Crippen LogP contribution in [0.1, 0.15) is 17.9 Å². The van der Waals surface area contributed by atoms with E-state index >= 15 is 0 Å². The lowest BCUT2D eigenvalue weighted by Gasteiger charge is -2.11. The molecule has 1 aliphatic rings. The van der Waals surface area contributed by atoms with Gasteiger partial charge in [-0.2, -0.15) is 0 Å². The molecule has 3 nitrogen and oxygen atoms in total. The Morgan fingerprint density at radius 1 is 1.35 bits per heavy atom. The van der Waals surface area contributed by atoms with Crippen molar-refractivity contribution in [1.29, 1.82) is 0 Å². The second-order valence-electron chi connectivity index (χ2n) is 3.63. The number of benzene rings is 1. The Kier molecular flexibility index (Phi) is 2.95. The molecule has 1 atom stereocenters. The first-order valence-electron chi connectivity index (χ1n) is 4.98. The summed E-state index contributed by atoms with van der Waals surface area (Å²) >= 11 is 0. The molecule has 1 heterocycles. The van der Waals surface area contributed by atoms with Gasteiger partial charge in [-0.3, -0.25) is 4.79 Å². The summed E-state index contributed by atoms with van der Waals surface area (Å²) in [6.07, 6.45) is -4.25. The van der Waals surface area contributed by atoms with Crippen molar-refractivity contribution in [1.82, 2.24) is 0 Å². The molecule has 0 radical (unpaired) electrons. The quantitative estimate of drug-likeness (QED) is 0.752. The van der Waals surface area contributed by atoms with Crippen LogP contribution >= 0.6 is 0 Å². The van der Waals surface area contributed by atoms with E-state index in [0.29, 0.717) is 18.6 Å². The molecule has 1 saturated heterocycles. The number of esters is 1. The van der Waals surface area contributed by atoms with Crippen molar-refractivity contribution < 1.29 is 27.4 Å². The average Bonchev–Trinajstić information content (AvgIpc) is 2.62. The predicted molar refractivity (Wildman–Crippen MR) is 51.4 cm³/mol. The van der Waals surface area contributed by atoms with Crippen LogP contribution in [0.25, 0.3) is 0 Å². The summed E-state index contributed by atoms with van der Waals surface area (Å²) in [4.78, 5) is 11.3. The number of ether oxygens (including phenoxy) is 2. The summed E-state index contributed by atoms with van der Waals surface area (Å²) in [7, 11) is 0. The Morgan fingerprint density at radius 2 is 2.12 bits per heavy atom. The summed E-state index contributed by atoms with van der Waals surface area (Å²) in [5, 5.41) is 0. The van der Waals surface area contributed by atoms with Gasteiger partial charge in [-0.1, -0.05) is 12.1 Å². The predicted octanol–water partition coefficient (Wildman–Crippen LogP) is 2.62. The van der Waals surface area contributed by atoms with E-state index in [4.69, 9.17) is 4.74 Å². The highest BCUT2D eigenvalue weighted by Gasteiger charge is 2.32. The third-order valence-electron chi connectivity index (χ3n) is 2.43. The number of carbonyl (C=O) groups is 1. The first-order chi connectivity index (χ1) is 7.96. The number of rotatable bonds is 2. The van der Waals surface area contributed by atoms with Crippen molar-refractivity contribution in [3.63, 3.8) is 0 Å². The van der Waals surface area contributed by atoms with Gasteiger partial charge in [0.15, 0.2) is 0 Å². The summed E-state index contributed by atoms with van der Waals surface area (Å²) in [6, 6.07) is 5.41. The van der Waals surface area contributed by atoms with Crippen LogP contribution in [0.4, 0.5) is 13.2 Å². The molecular weight excluding hydrogens is 237 g/mol. The van der Waals surface area contributed by atoms with Gasteiger partial charge in [0.1, 0.15) is 5.75 Å². The van der Waals surface area contributed by atoms with E-state index in [0.717, 1.165) is 0 Å². The zero-order valence-corrected chi connectivity index (χ0v) is 8.66. The second-order valence-corrected chi connectivity index (χ2v) is 3.63. The Bertz CT molecular complexity index is 428. The lowest BCUT2D eigenvalue weighted by Crippen LogP contribution is -2.17. The number of hydrogen-bond donors (Lipinski definition) is 0. The minimum Gasteiger partial charge on any atom is -0.465 e. The lowest BCUT2D eigenvalue weighted by atomic mass is 9.98. The van der Waals surface area contributed by atoms with E-state index < -0.39 is 18.2 Å². The van der Waals surface area contributed by atoms with Crippen molar-refractivity contribution in [3.8, 4) is 5.75 Å². The Morgan fingerprint density at radius 3 is 2.71 bits per heavy atom. The number of hydrogen-bond acceptors (Lipinski definition) is 3. The van der Waals surface area contributed by atoms with Crippen LogP contribution in [0, 0.1) is 0 Å². The molecule has 1 aliphatic heterocycles. The molecule has 92 valence electrons. The van der Waals surface area contributed by atoms with Gasteiger partial charge >= 0.3 is 12.3 Å². The van der Waals surface area contributed by atoms with Crippen LogP contribution in [0.15, 0.2) is 24.3 Å². The highest BCUT2D eigenvalue weighted by atomic mass is 19.4. The molecule has 0 aliphatic carbocycles. The average molecular weight is 246 g/mol. The minimum atomic E-state index is -4.73. The number of carbonyl (C=O) groups excluding carboxylic acids is 1. The largest absolute Gasteiger partial charge is 0.573 e.